The van der Waals surface area contributed by atoms with Gasteiger partial charge in [0.25, 0.3) is 0 Å². The molecule has 0 fully saturated rings. The van der Waals surface area contributed by atoms with Crippen LogP contribution in [0.4, 0.5) is 5.69 Å². The number of nitrogens with one attached hydrogen (secondary N) is 1. The van der Waals surface area contributed by atoms with Gasteiger partial charge >= 0.3 is 5.97 Å². The van der Waals surface area contributed by atoms with E-state index in [0.717, 1.165) is 11.3 Å². The number of hydrogen-bond donors (Lipinski definition) is 2. The molecule has 0 aliphatic carbocycles. The summed E-state index contributed by atoms with van der Waals surface area (Å²) in [6.07, 6.45) is 0. The van der Waals surface area contributed by atoms with Crippen LogP contribution in [0.15, 0.2) is 24.3 Å². The number of aliphatic carboxylic acids is 1. The molecule has 1 rings (SSSR count). The number of hydrogen-bond acceptors (Lipinski definition) is 2. The lowest BCUT2D eigenvalue weighted by Gasteiger charge is -2.10. The Morgan fingerprint density at radius 3 is 2.38 bits per heavy atom. The van der Waals surface area contributed by atoms with E-state index in [0.29, 0.717) is 0 Å². The van der Waals surface area contributed by atoms with Crippen molar-refractivity contribution >= 4 is 11.7 Å². The number of carboxylic acids is 1. The maximum absolute atomic E-state index is 10.5. The molecule has 13 heavy (non-hydrogen) atoms. The molecule has 0 aliphatic rings. The summed E-state index contributed by atoms with van der Waals surface area (Å²) < 4.78 is 0. The molecule has 0 radical (unpaired) electrons. The Morgan fingerprint density at radius 1 is 1.38 bits per heavy atom. The van der Waals surface area contributed by atoms with Crippen molar-refractivity contribution in [2.75, 3.05) is 5.32 Å². The SMILES string of the molecule is Cc1ccc(NC(C)C(=O)O)cc1. The van der Waals surface area contributed by atoms with Gasteiger partial charge in [-0.1, -0.05) is 17.7 Å². The second kappa shape index (κ2) is 3.94. The first-order valence-electron chi connectivity index (χ1n) is 4.15. The molecule has 0 heterocycles. The first-order valence-corrected chi connectivity index (χ1v) is 4.15. The van der Waals surface area contributed by atoms with Crippen LogP contribution in [-0.4, -0.2) is 17.1 Å². The van der Waals surface area contributed by atoms with E-state index in [1.165, 1.54) is 0 Å². The van der Waals surface area contributed by atoms with Crippen LogP contribution in [0.2, 0.25) is 0 Å². The van der Waals surface area contributed by atoms with Gasteiger partial charge in [-0.3, -0.25) is 4.79 Å². The molecular formula is C10H13NO2. The lowest BCUT2D eigenvalue weighted by molar-refractivity contribution is -0.137. The molecule has 1 aromatic carbocycles. The first kappa shape index (κ1) is 9.58. The van der Waals surface area contributed by atoms with Gasteiger partial charge in [-0.25, -0.2) is 0 Å². The van der Waals surface area contributed by atoms with Crippen molar-refractivity contribution in [3.63, 3.8) is 0 Å². The van der Waals surface area contributed by atoms with E-state index >= 15 is 0 Å². The standard InChI is InChI=1S/C10H13NO2/c1-7-3-5-9(6-4-7)11-8(2)10(12)13/h3-6,8,11H,1-2H3,(H,12,13). The zero-order chi connectivity index (χ0) is 9.84. The second-order valence-electron chi connectivity index (χ2n) is 3.07. The normalized spacial score (nSPS) is 12.2. The van der Waals surface area contributed by atoms with E-state index in [1.54, 1.807) is 6.92 Å². The Morgan fingerprint density at radius 2 is 1.92 bits per heavy atom. The van der Waals surface area contributed by atoms with Gasteiger partial charge in [-0.05, 0) is 26.0 Å². The molecule has 0 aliphatic heterocycles. The van der Waals surface area contributed by atoms with Crippen LogP contribution in [0.25, 0.3) is 0 Å². The monoisotopic (exact) mass is 179 g/mol. The third kappa shape index (κ3) is 2.78. The van der Waals surface area contributed by atoms with E-state index in [-0.39, 0.29) is 0 Å². The van der Waals surface area contributed by atoms with E-state index in [4.69, 9.17) is 5.11 Å². The first-order chi connectivity index (χ1) is 6.09. The summed E-state index contributed by atoms with van der Waals surface area (Å²) >= 11 is 0. The van der Waals surface area contributed by atoms with Crippen molar-refractivity contribution < 1.29 is 9.90 Å². The van der Waals surface area contributed by atoms with Gasteiger partial charge in [-0.2, -0.15) is 0 Å². The van der Waals surface area contributed by atoms with Gasteiger partial charge < -0.3 is 10.4 Å². The quantitative estimate of drug-likeness (QED) is 0.744. The molecule has 70 valence electrons. The van der Waals surface area contributed by atoms with Crippen molar-refractivity contribution in [1.29, 1.82) is 0 Å². The van der Waals surface area contributed by atoms with Crippen LogP contribution in [-0.2, 0) is 4.79 Å². The average Bonchev–Trinajstić information content (AvgIpc) is 2.08. The highest BCUT2D eigenvalue weighted by Crippen LogP contribution is 2.09. The van der Waals surface area contributed by atoms with Crippen molar-refractivity contribution in [1.82, 2.24) is 0 Å². The predicted molar refractivity (Wildman–Crippen MR) is 51.9 cm³/mol. The van der Waals surface area contributed by atoms with Crippen LogP contribution in [0.1, 0.15) is 12.5 Å². The van der Waals surface area contributed by atoms with Gasteiger partial charge in [0.1, 0.15) is 6.04 Å². The van der Waals surface area contributed by atoms with Crippen LogP contribution in [0.5, 0.6) is 0 Å². The van der Waals surface area contributed by atoms with Gasteiger partial charge in [-0.15, -0.1) is 0 Å². The Kier molecular flexibility index (Phi) is 2.90. The number of carbonyl (C=O) groups is 1. The molecule has 0 amide bonds. The summed E-state index contributed by atoms with van der Waals surface area (Å²) in [5, 5.41) is 11.5. The molecule has 0 bridgehead atoms. The maximum Gasteiger partial charge on any atom is 0.325 e. The maximum atomic E-state index is 10.5. The summed E-state index contributed by atoms with van der Waals surface area (Å²) in [6, 6.07) is 7.07. The number of carboxylic acid groups (broad SMARTS) is 1. The van der Waals surface area contributed by atoms with Crippen molar-refractivity contribution in [2.45, 2.75) is 19.9 Å². The Bertz CT molecular complexity index is 292. The summed E-state index contributed by atoms with van der Waals surface area (Å²) in [6.45, 7) is 3.60. The molecular weight excluding hydrogens is 166 g/mol. The molecule has 3 nitrogen and oxygen atoms in total. The minimum Gasteiger partial charge on any atom is -0.480 e. The summed E-state index contributed by atoms with van der Waals surface area (Å²) in [5.74, 6) is -0.847. The summed E-state index contributed by atoms with van der Waals surface area (Å²) in [4.78, 5) is 10.5. The highest BCUT2D eigenvalue weighted by molar-refractivity contribution is 5.76. The highest BCUT2D eigenvalue weighted by Gasteiger charge is 2.08. The summed E-state index contributed by atoms with van der Waals surface area (Å²) in [7, 11) is 0. The van der Waals surface area contributed by atoms with E-state index in [1.807, 2.05) is 31.2 Å². The lowest BCUT2D eigenvalue weighted by atomic mass is 10.2. The fourth-order valence-electron chi connectivity index (χ4n) is 0.962. The molecule has 0 saturated heterocycles. The largest absolute Gasteiger partial charge is 0.480 e. The molecule has 0 aromatic heterocycles. The fourth-order valence-corrected chi connectivity index (χ4v) is 0.962. The molecule has 1 unspecified atom stereocenters. The van der Waals surface area contributed by atoms with Crippen molar-refractivity contribution in [3.05, 3.63) is 29.8 Å². The van der Waals surface area contributed by atoms with E-state index in [2.05, 4.69) is 5.32 Å². The molecule has 1 atom stereocenters. The van der Waals surface area contributed by atoms with E-state index in [9.17, 15) is 4.79 Å². The molecule has 0 saturated carbocycles. The second-order valence-corrected chi connectivity index (χ2v) is 3.07. The zero-order valence-corrected chi connectivity index (χ0v) is 7.74. The third-order valence-electron chi connectivity index (χ3n) is 1.81. The lowest BCUT2D eigenvalue weighted by Crippen LogP contribution is -2.25. The highest BCUT2D eigenvalue weighted by atomic mass is 16.4. The number of anilines is 1. The van der Waals surface area contributed by atoms with Crippen molar-refractivity contribution in [3.8, 4) is 0 Å². The number of benzene rings is 1. The number of rotatable bonds is 3. The van der Waals surface area contributed by atoms with Crippen LogP contribution in [0, 0.1) is 6.92 Å². The van der Waals surface area contributed by atoms with Crippen LogP contribution in [0.3, 0.4) is 0 Å². The van der Waals surface area contributed by atoms with Gasteiger partial charge in [0.15, 0.2) is 0 Å². The van der Waals surface area contributed by atoms with E-state index < -0.39 is 12.0 Å². The van der Waals surface area contributed by atoms with Crippen molar-refractivity contribution in [2.24, 2.45) is 0 Å². The van der Waals surface area contributed by atoms with Gasteiger partial charge in [0.05, 0.1) is 0 Å². The Balaban J connectivity index is 2.64. The van der Waals surface area contributed by atoms with Gasteiger partial charge in [0, 0.05) is 5.69 Å². The minimum absolute atomic E-state index is 0.553. The molecule has 2 N–H and O–H groups in total. The average molecular weight is 179 g/mol. The third-order valence-corrected chi connectivity index (χ3v) is 1.81. The Labute approximate surface area is 77.4 Å². The van der Waals surface area contributed by atoms with Crippen LogP contribution < -0.4 is 5.32 Å². The Hall–Kier alpha value is -1.51. The predicted octanol–water partition coefficient (Wildman–Crippen LogP) is 1.88. The number of aryl methyl sites for hydroxylation is 1. The van der Waals surface area contributed by atoms with Crippen LogP contribution >= 0.6 is 0 Å². The topological polar surface area (TPSA) is 49.3 Å². The minimum atomic E-state index is -0.847. The summed E-state index contributed by atoms with van der Waals surface area (Å²) in [5.41, 5.74) is 1.99. The molecule has 3 heteroatoms. The van der Waals surface area contributed by atoms with Gasteiger partial charge in [0.2, 0.25) is 0 Å². The zero-order valence-electron chi connectivity index (χ0n) is 7.74. The molecule has 1 aromatic rings. The smallest absolute Gasteiger partial charge is 0.325 e. The fraction of sp³-hybridized carbons (Fsp3) is 0.300. The molecule has 0 spiro atoms.